The van der Waals surface area contributed by atoms with Crippen molar-refractivity contribution in [3.63, 3.8) is 0 Å². The molecule has 0 aromatic heterocycles. The highest BCUT2D eigenvalue weighted by Crippen LogP contribution is 2.54. The van der Waals surface area contributed by atoms with Gasteiger partial charge in [0.05, 0.1) is 0 Å². The molecule has 3 saturated carbocycles. The van der Waals surface area contributed by atoms with Crippen molar-refractivity contribution in [2.45, 2.75) is 65.2 Å². The number of rotatable bonds is 4. The lowest BCUT2D eigenvalue weighted by molar-refractivity contribution is -0.0198. The zero-order valence-electron chi connectivity index (χ0n) is 14.1. The van der Waals surface area contributed by atoms with E-state index in [1.54, 1.807) is 32.1 Å². The third-order valence-corrected chi connectivity index (χ3v) is 7.93. The molecular weight excluding hydrogens is 256 g/mol. The molecule has 0 radical (unpaired) electrons. The maximum Gasteiger partial charge on any atom is 0.0497 e. The second kappa shape index (κ2) is 5.87. The van der Waals surface area contributed by atoms with Gasteiger partial charge in [-0.1, -0.05) is 20.3 Å². The lowest BCUT2D eigenvalue weighted by Gasteiger charge is -2.40. The molecule has 0 spiro atoms. The predicted octanol–water partition coefficient (Wildman–Crippen LogP) is 5.15. The maximum atomic E-state index is 5.81. The molecule has 120 valence electrons. The molecule has 0 aromatic rings. The second-order valence-corrected chi connectivity index (χ2v) is 8.93. The van der Waals surface area contributed by atoms with Crippen LogP contribution in [-0.2, 0) is 4.74 Å². The quantitative estimate of drug-likeness (QED) is 0.696. The first kappa shape index (κ1) is 14.5. The Kier molecular flexibility index (Phi) is 4.07. The average Bonchev–Trinajstić information content (AvgIpc) is 2.88. The van der Waals surface area contributed by atoms with Crippen LogP contribution in [-0.4, -0.2) is 13.2 Å². The molecule has 3 aliphatic carbocycles. The molecule has 1 heterocycles. The summed E-state index contributed by atoms with van der Waals surface area (Å²) in [5, 5.41) is 0. The minimum absolute atomic E-state index is 0.906. The molecule has 4 aliphatic rings. The van der Waals surface area contributed by atoms with Gasteiger partial charge in [-0.3, -0.25) is 0 Å². The van der Waals surface area contributed by atoms with Crippen LogP contribution in [0.25, 0.3) is 0 Å². The summed E-state index contributed by atoms with van der Waals surface area (Å²) in [4.78, 5) is 0. The van der Waals surface area contributed by atoms with Crippen LogP contribution in [0.4, 0.5) is 0 Å². The summed E-state index contributed by atoms with van der Waals surface area (Å²) in [6.45, 7) is 7.14. The highest BCUT2D eigenvalue weighted by atomic mass is 16.5. The van der Waals surface area contributed by atoms with Gasteiger partial charge in [0.1, 0.15) is 0 Å². The van der Waals surface area contributed by atoms with Gasteiger partial charge in [-0.25, -0.2) is 0 Å². The molecule has 1 saturated heterocycles. The molecule has 4 rings (SSSR count). The summed E-state index contributed by atoms with van der Waals surface area (Å²) >= 11 is 0. The van der Waals surface area contributed by atoms with Gasteiger partial charge >= 0.3 is 0 Å². The van der Waals surface area contributed by atoms with Gasteiger partial charge in [-0.15, -0.1) is 0 Å². The Labute approximate surface area is 131 Å². The Morgan fingerprint density at radius 2 is 1.48 bits per heavy atom. The molecule has 4 bridgehead atoms. The second-order valence-electron chi connectivity index (χ2n) is 8.93. The summed E-state index contributed by atoms with van der Waals surface area (Å²) in [5.41, 5.74) is 0. The molecule has 5 unspecified atom stereocenters. The monoisotopic (exact) mass is 290 g/mol. The van der Waals surface area contributed by atoms with E-state index in [2.05, 4.69) is 13.8 Å². The van der Waals surface area contributed by atoms with E-state index in [4.69, 9.17) is 4.74 Å². The molecule has 1 nitrogen and oxygen atoms in total. The van der Waals surface area contributed by atoms with E-state index in [-0.39, 0.29) is 0 Å². The van der Waals surface area contributed by atoms with Crippen LogP contribution in [0.1, 0.15) is 65.2 Å². The van der Waals surface area contributed by atoms with Crippen LogP contribution in [0.15, 0.2) is 0 Å². The molecule has 5 atom stereocenters. The Balaban J connectivity index is 1.40. The highest BCUT2D eigenvalue weighted by molar-refractivity contribution is 4.96. The maximum absolute atomic E-state index is 5.81. The molecule has 1 aliphatic heterocycles. The minimum atomic E-state index is 0.906. The molecule has 0 N–H and O–H groups in total. The largest absolute Gasteiger partial charge is 0.381 e. The normalized spacial score (nSPS) is 50.3. The van der Waals surface area contributed by atoms with Crippen molar-refractivity contribution >= 4 is 0 Å². The topological polar surface area (TPSA) is 9.23 Å². The van der Waals surface area contributed by atoms with E-state index in [9.17, 15) is 0 Å². The number of fused-ring (bicyclic) bond motifs is 4. The van der Waals surface area contributed by atoms with Crippen molar-refractivity contribution in [2.24, 2.45) is 47.3 Å². The number of ether oxygens (including phenoxy) is 1. The fraction of sp³-hybridized carbons (Fsp3) is 1.00. The van der Waals surface area contributed by atoms with E-state index in [1.165, 1.54) is 19.3 Å². The van der Waals surface area contributed by atoms with Crippen LogP contribution in [0.5, 0.6) is 0 Å². The van der Waals surface area contributed by atoms with E-state index in [0.29, 0.717) is 0 Å². The Hall–Kier alpha value is -0.0400. The molecule has 1 heteroatoms. The Morgan fingerprint density at radius 3 is 2.05 bits per heavy atom. The first-order valence-electron chi connectivity index (χ1n) is 9.84. The molecular formula is C20H34O. The lowest BCUT2D eigenvalue weighted by Crippen LogP contribution is -2.36. The third-order valence-electron chi connectivity index (χ3n) is 7.93. The van der Waals surface area contributed by atoms with Gasteiger partial charge < -0.3 is 4.74 Å². The smallest absolute Gasteiger partial charge is 0.0497 e. The summed E-state index contributed by atoms with van der Waals surface area (Å²) in [5.74, 6) is 8.10. The van der Waals surface area contributed by atoms with Crippen LogP contribution >= 0.6 is 0 Å². The van der Waals surface area contributed by atoms with E-state index in [0.717, 1.165) is 60.6 Å². The molecule has 4 fully saturated rings. The standard InChI is InChI=1S/C20H34O/c1-3-14-9-15-4-5-16(10-14)19(15)8-13(2)20-17-6-7-18(20)12-21-11-17/h13-20H,3-12H2,1-2H3. The number of hydrogen-bond donors (Lipinski definition) is 0. The van der Waals surface area contributed by atoms with Gasteiger partial charge in [0.25, 0.3) is 0 Å². The first-order chi connectivity index (χ1) is 10.3. The summed E-state index contributed by atoms with van der Waals surface area (Å²) in [7, 11) is 0. The van der Waals surface area contributed by atoms with Crippen molar-refractivity contribution in [1.82, 2.24) is 0 Å². The van der Waals surface area contributed by atoms with Crippen LogP contribution in [0.2, 0.25) is 0 Å². The van der Waals surface area contributed by atoms with Crippen molar-refractivity contribution in [1.29, 1.82) is 0 Å². The fourth-order valence-electron chi connectivity index (χ4n) is 6.97. The van der Waals surface area contributed by atoms with Gasteiger partial charge in [0.15, 0.2) is 0 Å². The van der Waals surface area contributed by atoms with Crippen molar-refractivity contribution in [2.75, 3.05) is 13.2 Å². The summed E-state index contributed by atoms with van der Waals surface area (Å²) in [6, 6.07) is 0. The fourth-order valence-corrected chi connectivity index (χ4v) is 6.97. The average molecular weight is 290 g/mol. The van der Waals surface area contributed by atoms with E-state index in [1.807, 2.05) is 0 Å². The van der Waals surface area contributed by atoms with Crippen LogP contribution < -0.4 is 0 Å². The Bertz CT molecular complexity index is 335. The lowest BCUT2D eigenvalue weighted by atomic mass is 9.66. The van der Waals surface area contributed by atoms with Crippen molar-refractivity contribution < 1.29 is 4.74 Å². The number of hydrogen-bond acceptors (Lipinski definition) is 1. The van der Waals surface area contributed by atoms with Crippen LogP contribution in [0.3, 0.4) is 0 Å². The van der Waals surface area contributed by atoms with E-state index >= 15 is 0 Å². The zero-order chi connectivity index (χ0) is 14.4. The first-order valence-corrected chi connectivity index (χ1v) is 9.84. The summed E-state index contributed by atoms with van der Waals surface area (Å²) < 4.78 is 5.81. The minimum Gasteiger partial charge on any atom is -0.381 e. The van der Waals surface area contributed by atoms with E-state index < -0.39 is 0 Å². The summed E-state index contributed by atoms with van der Waals surface area (Å²) in [6.07, 6.45) is 12.1. The third kappa shape index (κ3) is 2.58. The SMILES string of the molecule is CCC1CC2CCC(C1)C2CC(C)C1C2CCC1COC2. The predicted molar refractivity (Wildman–Crippen MR) is 87.0 cm³/mol. The van der Waals surface area contributed by atoms with Gasteiger partial charge in [0, 0.05) is 13.2 Å². The highest BCUT2D eigenvalue weighted by Gasteiger charge is 2.46. The Morgan fingerprint density at radius 1 is 0.905 bits per heavy atom. The van der Waals surface area contributed by atoms with Gasteiger partial charge in [-0.05, 0) is 92.3 Å². The molecule has 0 amide bonds. The molecule has 21 heavy (non-hydrogen) atoms. The van der Waals surface area contributed by atoms with Crippen LogP contribution in [0, 0.1) is 47.3 Å². The van der Waals surface area contributed by atoms with Gasteiger partial charge in [-0.2, -0.15) is 0 Å². The molecule has 0 aromatic carbocycles. The van der Waals surface area contributed by atoms with Crippen molar-refractivity contribution in [3.05, 3.63) is 0 Å². The van der Waals surface area contributed by atoms with Gasteiger partial charge in [0.2, 0.25) is 0 Å². The van der Waals surface area contributed by atoms with Crippen molar-refractivity contribution in [3.8, 4) is 0 Å². The zero-order valence-corrected chi connectivity index (χ0v) is 14.1.